The fourth-order valence-corrected chi connectivity index (χ4v) is 4.20. The Kier molecular flexibility index (Phi) is 4.78. The van der Waals surface area contributed by atoms with Crippen molar-refractivity contribution >= 4 is 22.4 Å². The van der Waals surface area contributed by atoms with Crippen LogP contribution in [0.5, 0.6) is 0 Å². The summed E-state index contributed by atoms with van der Waals surface area (Å²) in [5.74, 6) is 0.474. The second kappa shape index (κ2) is 7.19. The van der Waals surface area contributed by atoms with Gasteiger partial charge in [0.1, 0.15) is 5.01 Å². The topological polar surface area (TPSA) is 96.2 Å². The predicted molar refractivity (Wildman–Crippen MR) is 93.2 cm³/mol. The monoisotopic (exact) mass is 362 g/mol. The number of aromatic nitrogens is 4. The van der Waals surface area contributed by atoms with Gasteiger partial charge in [0.25, 0.3) is 0 Å². The maximum Gasteiger partial charge on any atom is 0.240 e. The summed E-state index contributed by atoms with van der Waals surface area (Å²) in [5.41, 5.74) is 1.72. The highest BCUT2D eigenvalue weighted by Gasteiger charge is 2.24. The summed E-state index contributed by atoms with van der Waals surface area (Å²) in [6.45, 7) is 2.58. The van der Waals surface area contributed by atoms with Gasteiger partial charge >= 0.3 is 0 Å². The Bertz CT molecular complexity index is 754. The minimum absolute atomic E-state index is 0.0547. The van der Waals surface area contributed by atoms with Crippen LogP contribution >= 0.6 is 11.3 Å². The highest BCUT2D eigenvalue weighted by Crippen LogP contribution is 2.38. The van der Waals surface area contributed by atoms with Crippen LogP contribution in [0.1, 0.15) is 48.0 Å². The molecule has 2 N–H and O–H groups in total. The van der Waals surface area contributed by atoms with Crippen molar-refractivity contribution in [2.75, 3.05) is 18.4 Å². The van der Waals surface area contributed by atoms with Crippen molar-refractivity contribution in [1.29, 1.82) is 0 Å². The van der Waals surface area contributed by atoms with Crippen LogP contribution in [0.4, 0.5) is 5.13 Å². The first-order chi connectivity index (χ1) is 12.2. The van der Waals surface area contributed by atoms with Crippen molar-refractivity contribution in [3.05, 3.63) is 22.5 Å². The van der Waals surface area contributed by atoms with Crippen LogP contribution in [-0.2, 0) is 24.5 Å². The van der Waals surface area contributed by atoms with E-state index in [0.29, 0.717) is 29.8 Å². The Balaban J connectivity index is 1.34. The lowest BCUT2D eigenvalue weighted by molar-refractivity contribution is -0.117. The molecule has 0 saturated heterocycles. The molecular weight excluding hydrogens is 340 g/mol. The molecule has 0 spiro atoms. The van der Waals surface area contributed by atoms with E-state index in [1.165, 1.54) is 30.6 Å². The van der Waals surface area contributed by atoms with E-state index in [-0.39, 0.29) is 12.5 Å². The van der Waals surface area contributed by atoms with Crippen molar-refractivity contribution in [2.24, 2.45) is 0 Å². The SMILES string of the molecule is O=C(CN1CCCn2nc(CO)cc2C1)Nc1nnc(C2CCC2)s1. The Morgan fingerprint density at radius 3 is 2.96 bits per heavy atom. The molecule has 1 fully saturated rings. The van der Waals surface area contributed by atoms with Gasteiger partial charge in [-0.1, -0.05) is 17.8 Å². The number of carbonyl (C=O) groups is 1. The van der Waals surface area contributed by atoms with Gasteiger partial charge < -0.3 is 5.11 Å². The second-order valence-electron chi connectivity index (χ2n) is 6.69. The molecule has 0 atom stereocenters. The molecule has 2 aromatic heterocycles. The molecule has 1 saturated carbocycles. The van der Waals surface area contributed by atoms with Gasteiger partial charge in [-0.2, -0.15) is 5.10 Å². The molecule has 0 unspecified atom stereocenters. The predicted octanol–water partition coefficient (Wildman–Crippen LogP) is 1.34. The molecule has 8 nitrogen and oxygen atoms in total. The van der Waals surface area contributed by atoms with Crippen molar-refractivity contribution in [2.45, 2.75) is 51.3 Å². The van der Waals surface area contributed by atoms with E-state index in [1.54, 1.807) is 0 Å². The molecule has 2 aromatic rings. The Morgan fingerprint density at radius 2 is 2.20 bits per heavy atom. The number of hydrogen-bond donors (Lipinski definition) is 2. The number of hydrogen-bond acceptors (Lipinski definition) is 7. The first-order valence-corrected chi connectivity index (χ1v) is 9.55. The molecule has 9 heteroatoms. The van der Waals surface area contributed by atoms with E-state index in [4.69, 9.17) is 0 Å². The van der Waals surface area contributed by atoms with Crippen LogP contribution in [0.15, 0.2) is 6.07 Å². The van der Waals surface area contributed by atoms with Gasteiger partial charge in [0, 0.05) is 25.6 Å². The molecule has 4 rings (SSSR count). The van der Waals surface area contributed by atoms with Crippen molar-refractivity contribution in [1.82, 2.24) is 24.9 Å². The van der Waals surface area contributed by atoms with E-state index in [0.717, 1.165) is 30.2 Å². The third kappa shape index (κ3) is 3.73. The van der Waals surface area contributed by atoms with Crippen molar-refractivity contribution in [3.8, 4) is 0 Å². The summed E-state index contributed by atoms with van der Waals surface area (Å²) in [7, 11) is 0. The number of rotatable bonds is 5. The standard InChI is InChI=1S/C16H22N6O2S/c23-10-12-7-13-8-21(5-2-6-22(13)20-12)9-14(24)17-16-19-18-15(25-16)11-3-1-4-11/h7,11,23H,1-6,8-10H2,(H,17,19,24). The third-order valence-corrected chi connectivity index (χ3v) is 5.82. The number of amides is 1. The average Bonchev–Trinajstić information content (AvgIpc) is 3.09. The first kappa shape index (κ1) is 16.6. The van der Waals surface area contributed by atoms with Crippen LogP contribution < -0.4 is 5.32 Å². The first-order valence-electron chi connectivity index (χ1n) is 8.73. The molecule has 3 heterocycles. The van der Waals surface area contributed by atoms with E-state index in [9.17, 15) is 9.90 Å². The van der Waals surface area contributed by atoms with Crippen LogP contribution in [0.2, 0.25) is 0 Å². The summed E-state index contributed by atoms with van der Waals surface area (Å²) >= 11 is 1.49. The summed E-state index contributed by atoms with van der Waals surface area (Å²) in [5, 5.41) is 26.4. The molecule has 2 aliphatic rings. The lowest BCUT2D eigenvalue weighted by Crippen LogP contribution is -2.33. The van der Waals surface area contributed by atoms with Crippen molar-refractivity contribution < 1.29 is 9.90 Å². The Hall–Kier alpha value is -1.84. The average molecular weight is 362 g/mol. The van der Waals surface area contributed by atoms with E-state index in [1.807, 2.05) is 10.7 Å². The summed E-state index contributed by atoms with van der Waals surface area (Å²) in [4.78, 5) is 14.5. The summed E-state index contributed by atoms with van der Waals surface area (Å²) in [6.07, 6.45) is 4.55. The molecule has 0 aromatic carbocycles. The van der Waals surface area contributed by atoms with Gasteiger partial charge in [-0.25, -0.2) is 0 Å². The van der Waals surface area contributed by atoms with Crippen LogP contribution in [0.25, 0.3) is 0 Å². The number of fused-ring (bicyclic) bond motifs is 1. The zero-order valence-corrected chi connectivity index (χ0v) is 14.8. The number of carbonyl (C=O) groups excluding carboxylic acids is 1. The molecular formula is C16H22N6O2S. The highest BCUT2D eigenvalue weighted by atomic mass is 32.1. The van der Waals surface area contributed by atoms with E-state index >= 15 is 0 Å². The van der Waals surface area contributed by atoms with E-state index < -0.39 is 0 Å². The molecule has 134 valence electrons. The maximum atomic E-state index is 12.4. The van der Waals surface area contributed by atoms with Gasteiger partial charge in [-0.15, -0.1) is 10.2 Å². The fourth-order valence-electron chi connectivity index (χ4n) is 3.27. The molecule has 0 radical (unpaired) electrons. The number of aliphatic hydroxyl groups is 1. The molecule has 1 aliphatic heterocycles. The molecule has 0 bridgehead atoms. The number of anilines is 1. The Labute approximate surface area is 149 Å². The maximum absolute atomic E-state index is 12.4. The largest absolute Gasteiger partial charge is 0.390 e. The minimum Gasteiger partial charge on any atom is -0.390 e. The van der Waals surface area contributed by atoms with Gasteiger partial charge in [-0.3, -0.25) is 19.7 Å². The summed E-state index contributed by atoms with van der Waals surface area (Å²) in [6, 6.07) is 1.91. The van der Waals surface area contributed by atoms with Gasteiger partial charge in [0.15, 0.2) is 0 Å². The zero-order valence-electron chi connectivity index (χ0n) is 14.0. The smallest absolute Gasteiger partial charge is 0.240 e. The molecule has 1 aliphatic carbocycles. The van der Waals surface area contributed by atoms with Crippen LogP contribution in [0.3, 0.4) is 0 Å². The number of aryl methyl sites for hydroxylation is 1. The number of aliphatic hydroxyl groups excluding tert-OH is 1. The lowest BCUT2D eigenvalue weighted by Gasteiger charge is -2.21. The van der Waals surface area contributed by atoms with Crippen molar-refractivity contribution in [3.63, 3.8) is 0 Å². The van der Waals surface area contributed by atoms with Crippen LogP contribution in [-0.4, -0.2) is 49.0 Å². The summed E-state index contributed by atoms with van der Waals surface area (Å²) < 4.78 is 1.93. The van der Waals surface area contributed by atoms with Gasteiger partial charge in [0.05, 0.1) is 24.5 Å². The number of nitrogens with one attached hydrogen (secondary N) is 1. The third-order valence-electron chi connectivity index (χ3n) is 4.81. The molecule has 25 heavy (non-hydrogen) atoms. The zero-order chi connectivity index (χ0) is 17.2. The normalized spacial score (nSPS) is 18.4. The minimum atomic E-state index is -0.0633. The second-order valence-corrected chi connectivity index (χ2v) is 7.70. The molecule has 1 amide bonds. The quantitative estimate of drug-likeness (QED) is 0.833. The Morgan fingerprint density at radius 1 is 1.32 bits per heavy atom. The highest BCUT2D eigenvalue weighted by molar-refractivity contribution is 7.15. The van der Waals surface area contributed by atoms with E-state index in [2.05, 4.69) is 25.5 Å². The van der Waals surface area contributed by atoms with Gasteiger partial charge in [0.2, 0.25) is 11.0 Å². The van der Waals surface area contributed by atoms with Crippen LogP contribution in [0, 0.1) is 0 Å². The number of nitrogens with zero attached hydrogens (tertiary/aromatic N) is 5. The lowest BCUT2D eigenvalue weighted by atomic mass is 9.86. The fraction of sp³-hybridized carbons (Fsp3) is 0.625. The van der Waals surface area contributed by atoms with Gasteiger partial charge in [-0.05, 0) is 25.3 Å².